The minimum Gasteiger partial charge on any atom is -0.353 e. The standard InChI is InChI=1S/C10H21N3O/c1-10(2)7-11-9(14)8(12-10)5-6-13(3)4/h8,12H,5-7H2,1-4H3,(H,11,14). The molecule has 1 fully saturated rings. The van der Waals surface area contributed by atoms with E-state index in [4.69, 9.17) is 0 Å². The number of hydrogen-bond acceptors (Lipinski definition) is 3. The summed E-state index contributed by atoms with van der Waals surface area (Å²) in [7, 11) is 4.04. The highest BCUT2D eigenvalue weighted by atomic mass is 16.2. The van der Waals surface area contributed by atoms with Gasteiger partial charge in [-0.1, -0.05) is 0 Å². The summed E-state index contributed by atoms with van der Waals surface area (Å²) in [4.78, 5) is 13.6. The largest absolute Gasteiger partial charge is 0.353 e. The van der Waals surface area contributed by atoms with E-state index >= 15 is 0 Å². The molecule has 0 aromatic carbocycles. The molecule has 1 amide bonds. The Kier molecular flexibility index (Phi) is 3.50. The van der Waals surface area contributed by atoms with E-state index < -0.39 is 0 Å². The van der Waals surface area contributed by atoms with Gasteiger partial charge in [-0.05, 0) is 40.9 Å². The smallest absolute Gasteiger partial charge is 0.237 e. The molecular weight excluding hydrogens is 178 g/mol. The Morgan fingerprint density at radius 1 is 1.50 bits per heavy atom. The maximum atomic E-state index is 11.5. The highest BCUT2D eigenvalue weighted by Crippen LogP contribution is 2.09. The molecule has 2 N–H and O–H groups in total. The van der Waals surface area contributed by atoms with Crippen molar-refractivity contribution in [3.63, 3.8) is 0 Å². The molecule has 82 valence electrons. The van der Waals surface area contributed by atoms with Gasteiger partial charge in [-0.3, -0.25) is 10.1 Å². The lowest BCUT2D eigenvalue weighted by molar-refractivity contribution is -0.126. The Bertz CT molecular complexity index is 213. The predicted molar refractivity (Wildman–Crippen MR) is 57.2 cm³/mol. The van der Waals surface area contributed by atoms with Gasteiger partial charge in [0.05, 0.1) is 6.04 Å². The van der Waals surface area contributed by atoms with Gasteiger partial charge >= 0.3 is 0 Å². The van der Waals surface area contributed by atoms with Gasteiger partial charge in [-0.15, -0.1) is 0 Å². The molecule has 0 aromatic heterocycles. The SMILES string of the molecule is CN(C)CCC1NC(C)(C)CNC1=O. The molecule has 1 saturated heterocycles. The molecule has 1 unspecified atom stereocenters. The molecular formula is C10H21N3O. The first-order valence-electron chi connectivity index (χ1n) is 5.11. The number of rotatable bonds is 3. The first kappa shape index (κ1) is 11.5. The van der Waals surface area contributed by atoms with Gasteiger partial charge in [0.15, 0.2) is 0 Å². The second-order valence-electron chi connectivity index (χ2n) is 4.89. The van der Waals surface area contributed by atoms with Gasteiger partial charge in [-0.2, -0.15) is 0 Å². The summed E-state index contributed by atoms with van der Waals surface area (Å²) >= 11 is 0. The molecule has 1 aliphatic heterocycles. The molecule has 1 atom stereocenters. The fraction of sp³-hybridized carbons (Fsp3) is 0.900. The molecule has 4 heteroatoms. The third kappa shape index (κ3) is 3.27. The van der Waals surface area contributed by atoms with Crippen molar-refractivity contribution < 1.29 is 4.79 Å². The quantitative estimate of drug-likeness (QED) is 0.662. The molecule has 0 bridgehead atoms. The monoisotopic (exact) mass is 199 g/mol. The summed E-state index contributed by atoms with van der Waals surface area (Å²) < 4.78 is 0. The highest BCUT2D eigenvalue weighted by molar-refractivity contribution is 5.82. The van der Waals surface area contributed by atoms with Crippen LogP contribution in [0.3, 0.4) is 0 Å². The Morgan fingerprint density at radius 3 is 2.71 bits per heavy atom. The summed E-state index contributed by atoms with van der Waals surface area (Å²) in [5.41, 5.74) is 0.0187. The molecule has 0 saturated carbocycles. The van der Waals surface area contributed by atoms with Crippen molar-refractivity contribution in [3.8, 4) is 0 Å². The predicted octanol–water partition coefficient (Wildman–Crippen LogP) is -0.195. The molecule has 4 nitrogen and oxygen atoms in total. The summed E-state index contributed by atoms with van der Waals surface area (Å²) in [6, 6.07) is -0.0406. The summed E-state index contributed by atoms with van der Waals surface area (Å²) in [6.07, 6.45) is 0.863. The number of piperazine rings is 1. The van der Waals surface area contributed by atoms with Crippen LogP contribution in [0.5, 0.6) is 0 Å². The van der Waals surface area contributed by atoms with Crippen LogP contribution in [0.2, 0.25) is 0 Å². The van der Waals surface area contributed by atoms with Crippen LogP contribution in [-0.2, 0) is 4.79 Å². The topological polar surface area (TPSA) is 44.4 Å². The molecule has 0 aliphatic carbocycles. The van der Waals surface area contributed by atoms with Crippen LogP contribution in [0.4, 0.5) is 0 Å². The van der Waals surface area contributed by atoms with Crippen molar-refractivity contribution >= 4 is 5.91 Å². The number of nitrogens with one attached hydrogen (secondary N) is 2. The van der Waals surface area contributed by atoms with Gasteiger partial charge < -0.3 is 10.2 Å². The van der Waals surface area contributed by atoms with E-state index in [0.29, 0.717) is 6.54 Å². The van der Waals surface area contributed by atoms with Gasteiger partial charge in [0, 0.05) is 12.1 Å². The van der Waals surface area contributed by atoms with Crippen molar-refractivity contribution in [3.05, 3.63) is 0 Å². The fourth-order valence-electron chi connectivity index (χ4n) is 1.61. The second kappa shape index (κ2) is 4.28. The van der Waals surface area contributed by atoms with Crippen molar-refractivity contribution in [2.24, 2.45) is 0 Å². The molecule has 0 radical (unpaired) electrons. The maximum Gasteiger partial charge on any atom is 0.237 e. The van der Waals surface area contributed by atoms with Gasteiger partial charge in [0.1, 0.15) is 0 Å². The average Bonchev–Trinajstić information content (AvgIpc) is 2.06. The van der Waals surface area contributed by atoms with Crippen molar-refractivity contribution in [2.45, 2.75) is 31.8 Å². The van der Waals surface area contributed by atoms with E-state index in [0.717, 1.165) is 13.0 Å². The van der Waals surface area contributed by atoms with Crippen LogP contribution in [0.1, 0.15) is 20.3 Å². The van der Waals surface area contributed by atoms with E-state index in [2.05, 4.69) is 29.4 Å². The minimum atomic E-state index is -0.0406. The van der Waals surface area contributed by atoms with Gasteiger partial charge in [-0.25, -0.2) is 0 Å². The van der Waals surface area contributed by atoms with Crippen LogP contribution in [0.15, 0.2) is 0 Å². The zero-order valence-electron chi connectivity index (χ0n) is 9.55. The number of hydrogen-bond donors (Lipinski definition) is 2. The molecule has 0 aromatic rings. The fourth-order valence-corrected chi connectivity index (χ4v) is 1.61. The van der Waals surface area contributed by atoms with E-state index in [-0.39, 0.29) is 17.5 Å². The van der Waals surface area contributed by atoms with Crippen LogP contribution in [0, 0.1) is 0 Å². The highest BCUT2D eigenvalue weighted by Gasteiger charge is 2.31. The Morgan fingerprint density at radius 2 is 2.14 bits per heavy atom. The number of amides is 1. The van der Waals surface area contributed by atoms with Crippen molar-refractivity contribution in [1.29, 1.82) is 0 Å². The number of carbonyl (C=O) groups is 1. The summed E-state index contributed by atoms with van der Waals surface area (Å²) in [6.45, 7) is 5.86. The first-order chi connectivity index (χ1) is 6.41. The summed E-state index contributed by atoms with van der Waals surface area (Å²) in [5, 5.41) is 6.29. The third-order valence-corrected chi connectivity index (χ3v) is 2.45. The van der Waals surface area contributed by atoms with E-state index in [1.54, 1.807) is 0 Å². The minimum absolute atomic E-state index is 0.0187. The van der Waals surface area contributed by atoms with Crippen LogP contribution in [-0.4, -0.2) is 49.6 Å². The van der Waals surface area contributed by atoms with Gasteiger partial charge in [0.2, 0.25) is 5.91 Å². The lowest BCUT2D eigenvalue weighted by atomic mass is 9.98. The van der Waals surface area contributed by atoms with Crippen LogP contribution >= 0.6 is 0 Å². The van der Waals surface area contributed by atoms with Crippen LogP contribution < -0.4 is 10.6 Å². The van der Waals surface area contributed by atoms with E-state index in [9.17, 15) is 4.79 Å². The molecule has 1 heterocycles. The Labute approximate surface area is 86.0 Å². The van der Waals surface area contributed by atoms with Gasteiger partial charge in [0.25, 0.3) is 0 Å². The Balaban J connectivity index is 2.45. The Hall–Kier alpha value is -0.610. The second-order valence-corrected chi connectivity index (χ2v) is 4.89. The zero-order chi connectivity index (χ0) is 10.8. The number of carbonyl (C=O) groups excluding carboxylic acids is 1. The summed E-state index contributed by atoms with van der Waals surface area (Å²) in [5.74, 6) is 0.131. The average molecular weight is 199 g/mol. The van der Waals surface area contributed by atoms with Crippen molar-refractivity contribution in [1.82, 2.24) is 15.5 Å². The normalized spacial score (nSPS) is 26.4. The first-order valence-corrected chi connectivity index (χ1v) is 5.11. The van der Waals surface area contributed by atoms with Crippen molar-refractivity contribution in [2.75, 3.05) is 27.2 Å². The maximum absolute atomic E-state index is 11.5. The lowest BCUT2D eigenvalue weighted by Crippen LogP contribution is -2.63. The lowest BCUT2D eigenvalue weighted by Gasteiger charge is -2.37. The zero-order valence-corrected chi connectivity index (χ0v) is 9.55. The van der Waals surface area contributed by atoms with E-state index in [1.807, 2.05) is 14.1 Å². The van der Waals surface area contributed by atoms with E-state index in [1.165, 1.54) is 0 Å². The van der Waals surface area contributed by atoms with Crippen LogP contribution in [0.25, 0.3) is 0 Å². The third-order valence-electron chi connectivity index (χ3n) is 2.45. The molecule has 1 rings (SSSR count). The molecule has 1 aliphatic rings. The number of nitrogens with zero attached hydrogens (tertiary/aromatic N) is 1. The molecule has 14 heavy (non-hydrogen) atoms. The molecule has 0 spiro atoms.